The Labute approximate surface area is 180 Å². The number of benzene rings is 3. The molecule has 0 heterocycles. The minimum absolute atomic E-state index is 0.0596. The van der Waals surface area contributed by atoms with Crippen molar-refractivity contribution in [3.63, 3.8) is 0 Å². The summed E-state index contributed by atoms with van der Waals surface area (Å²) in [7, 11) is -1.11. The molecule has 0 spiro atoms. The smallest absolute Gasteiger partial charge is 0.269 e. The molecule has 0 aliphatic carbocycles. The summed E-state index contributed by atoms with van der Waals surface area (Å²) < 4.78 is 39.2. The molecule has 9 heteroatoms. The van der Waals surface area contributed by atoms with E-state index in [1.807, 2.05) is 30.3 Å². The predicted octanol–water partition coefficient (Wildman–Crippen LogP) is 4.57. The summed E-state index contributed by atoms with van der Waals surface area (Å²) in [5, 5.41) is 11.0. The molecule has 0 saturated carbocycles. The molecule has 8 nitrogen and oxygen atoms in total. The predicted molar refractivity (Wildman–Crippen MR) is 117 cm³/mol. The number of non-ortho nitro benzene ring substituents is 1. The van der Waals surface area contributed by atoms with Crippen LogP contribution >= 0.6 is 0 Å². The second-order valence-corrected chi connectivity index (χ2v) is 8.49. The van der Waals surface area contributed by atoms with E-state index in [1.54, 1.807) is 25.1 Å². The Morgan fingerprint density at radius 1 is 0.903 bits per heavy atom. The SMILES string of the molecule is COc1ccc(N([C@@H](C)c2ccccc2)S(=O)(=O)c2ccc([N+](=O)[O-])cc2)cc1OC. The second kappa shape index (κ2) is 9.05. The molecule has 0 radical (unpaired) electrons. The zero-order chi connectivity index (χ0) is 22.6. The molecule has 0 aliphatic heterocycles. The Kier molecular flexibility index (Phi) is 6.45. The van der Waals surface area contributed by atoms with E-state index in [-0.39, 0.29) is 10.6 Å². The van der Waals surface area contributed by atoms with Gasteiger partial charge in [-0.25, -0.2) is 8.42 Å². The molecule has 0 saturated heterocycles. The number of nitrogens with zero attached hydrogens (tertiary/aromatic N) is 2. The van der Waals surface area contributed by atoms with E-state index >= 15 is 0 Å². The van der Waals surface area contributed by atoms with Crippen molar-refractivity contribution in [2.45, 2.75) is 17.9 Å². The molecular weight excluding hydrogens is 420 g/mol. The first kappa shape index (κ1) is 22.1. The third-order valence-corrected chi connectivity index (χ3v) is 6.77. The van der Waals surface area contributed by atoms with Crippen molar-refractivity contribution in [1.29, 1.82) is 0 Å². The fraction of sp³-hybridized carbons (Fsp3) is 0.182. The van der Waals surface area contributed by atoms with E-state index in [1.165, 1.54) is 42.8 Å². The summed E-state index contributed by atoms with van der Waals surface area (Å²) in [6.45, 7) is 1.77. The fourth-order valence-corrected chi connectivity index (χ4v) is 4.89. The molecule has 3 aromatic carbocycles. The first-order valence-corrected chi connectivity index (χ1v) is 10.8. The van der Waals surface area contributed by atoms with Gasteiger partial charge in [0.25, 0.3) is 15.7 Å². The van der Waals surface area contributed by atoms with Gasteiger partial charge in [0.15, 0.2) is 11.5 Å². The number of ether oxygens (including phenoxy) is 2. The van der Waals surface area contributed by atoms with Crippen LogP contribution in [0.3, 0.4) is 0 Å². The van der Waals surface area contributed by atoms with Crippen molar-refractivity contribution in [1.82, 2.24) is 0 Å². The molecule has 31 heavy (non-hydrogen) atoms. The van der Waals surface area contributed by atoms with Gasteiger partial charge in [-0.05, 0) is 36.8 Å². The standard InChI is InChI=1S/C22H22N2O6S/c1-16(17-7-5-4-6-8-17)23(19-11-14-21(29-2)22(15-19)30-3)31(27,28)20-12-9-18(10-13-20)24(25)26/h4-16H,1-3H3/t16-/m0/s1. The van der Waals surface area contributed by atoms with Crippen molar-refractivity contribution in [2.75, 3.05) is 18.5 Å². The highest BCUT2D eigenvalue weighted by Gasteiger charge is 2.31. The average molecular weight is 442 g/mol. The molecule has 1 atom stereocenters. The van der Waals surface area contributed by atoms with Crippen molar-refractivity contribution < 1.29 is 22.8 Å². The number of nitro benzene ring substituents is 1. The van der Waals surface area contributed by atoms with Gasteiger partial charge in [-0.2, -0.15) is 0 Å². The first-order chi connectivity index (χ1) is 14.8. The van der Waals surface area contributed by atoms with E-state index in [0.717, 1.165) is 5.56 Å². The fourth-order valence-electron chi connectivity index (χ4n) is 3.25. The van der Waals surface area contributed by atoms with Crippen LogP contribution in [0.1, 0.15) is 18.5 Å². The third-order valence-electron chi connectivity index (χ3n) is 4.86. The van der Waals surface area contributed by atoms with Gasteiger partial charge in [-0.15, -0.1) is 0 Å². The van der Waals surface area contributed by atoms with Gasteiger partial charge in [-0.1, -0.05) is 30.3 Å². The van der Waals surface area contributed by atoms with Crippen LogP contribution in [0, 0.1) is 10.1 Å². The topological polar surface area (TPSA) is 99.0 Å². The Hall–Kier alpha value is -3.59. The quantitative estimate of drug-likeness (QED) is 0.374. The maximum atomic E-state index is 13.7. The lowest BCUT2D eigenvalue weighted by atomic mass is 10.1. The van der Waals surface area contributed by atoms with Crippen molar-refractivity contribution in [3.8, 4) is 11.5 Å². The van der Waals surface area contributed by atoms with Crippen LogP contribution in [0.25, 0.3) is 0 Å². The number of sulfonamides is 1. The Bertz CT molecular complexity index is 1160. The summed E-state index contributed by atoms with van der Waals surface area (Å²) in [6, 6.07) is 18.3. The molecule has 0 aromatic heterocycles. The van der Waals surface area contributed by atoms with Crippen molar-refractivity contribution >= 4 is 21.4 Å². The minimum atomic E-state index is -4.07. The maximum Gasteiger partial charge on any atom is 0.269 e. The molecule has 3 rings (SSSR count). The average Bonchev–Trinajstić information content (AvgIpc) is 2.79. The highest BCUT2D eigenvalue weighted by atomic mass is 32.2. The van der Waals surface area contributed by atoms with Crippen LogP contribution in [0.15, 0.2) is 77.7 Å². The monoisotopic (exact) mass is 442 g/mol. The van der Waals surface area contributed by atoms with Gasteiger partial charge >= 0.3 is 0 Å². The summed E-state index contributed by atoms with van der Waals surface area (Å²) in [6.07, 6.45) is 0. The number of hydrogen-bond donors (Lipinski definition) is 0. The van der Waals surface area contributed by atoms with Gasteiger partial charge in [0.2, 0.25) is 0 Å². The van der Waals surface area contributed by atoms with Gasteiger partial charge in [0, 0.05) is 18.2 Å². The number of rotatable bonds is 8. The Morgan fingerprint density at radius 3 is 2.06 bits per heavy atom. The largest absolute Gasteiger partial charge is 0.493 e. The molecule has 0 fully saturated rings. The number of anilines is 1. The van der Waals surface area contributed by atoms with Crippen molar-refractivity contribution in [3.05, 3.63) is 88.5 Å². The summed E-state index contributed by atoms with van der Waals surface area (Å²) >= 11 is 0. The van der Waals surface area contributed by atoms with Crippen LogP contribution in [-0.2, 0) is 10.0 Å². The van der Waals surface area contributed by atoms with E-state index in [9.17, 15) is 18.5 Å². The van der Waals surface area contributed by atoms with E-state index in [2.05, 4.69) is 0 Å². The maximum absolute atomic E-state index is 13.7. The summed E-state index contributed by atoms with van der Waals surface area (Å²) in [5.41, 5.74) is 0.961. The first-order valence-electron chi connectivity index (χ1n) is 9.35. The van der Waals surface area contributed by atoms with E-state index in [0.29, 0.717) is 17.2 Å². The lowest BCUT2D eigenvalue weighted by Crippen LogP contribution is -2.33. The molecule has 3 aromatic rings. The molecule has 0 bridgehead atoms. The van der Waals surface area contributed by atoms with Gasteiger partial charge in [0.05, 0.1) is 35.8 Å². The second-order valence-electron chi connectivity index (χ2n) is 6.68. The zero-order valence-corrected chi connectivity index (χ0v) is 18.1. The van der Waals surface area contributed by atoms with E-state index in [4.69, 9.17) is 9.47 Å². The lowest BCUT2D eigenvalue weighted by molar-refractivity contribution is -0.384. The molecular formula is C22H22N2O6S. The van der Waals surface area contributed by atoms with Gasteiger partial charge in [0.1, 0.15) is 0 Å². The summed E-state index contributed by atoms with van der Waals surface area (Å²) in [4.78, 5) is 10.3. The van der Waals surface area contributed by atoms with Crippen LogP contribution < -0.4 is 13.8 Å². The normalized spacial score (nSPS) is 12.1. The Morgan fingerprint density at radius 2 is 1.52 bits per heavy atom. The van der Waals surface area contributed by atoms with Crippen LogP contribution in [0.4, 0.5) is 11.4 Å². The Balaban J connectivity index is 2.17. The van der Waals surface area contributed by atoms with Gasteiger partial charge < -0.3 is 9.47 Å². The molecule has 0 N–H and O–H groups in total. The zero-order valence-electron chi connectivity index (χ0n) is 17.3. The molecule has 0 unspecified atom stereocenters. The number of hydrogen-bond acceptors (Lipinski definition) is 6. The van der Waals surface area contributed by atoms with Crippen LogP contribution in [0.5, 0.6) is 11.5 Å². The highest BCUT2D eigenvalue weighted by Crippen LogP contribution is 2.38. The van der Waals surface area contributed by atoms with Gasteiger partial charge in [-0.3, -0.25) is 14.4 Å². The summed E-state index contributed by atoms with van der Waals surface area (Å²) in [5.74, 6) is 0.843. The highest BCUT2D eigenvalue weighted by molar-refractivity contribution is 7.92. The third kappa shape index (κ3) is 4.46. The van der Waals surface area contributed by atoms with Crippen LogP contribution in [0.2, 0.25) is 0 Å². The van der Waals surface area contributed by atoms with Crippen molar-refractivity contribution in [2.24, 2.45) is 0 Å². The minimum Gasteiger partial charge on any atom is -0.493 e. The molecule has 0 amide bonds. The molecule has 0 aliphatic rings. The number of methoxy groups -OCH3 is 2. The number of nitro groups is 1. The lowest BCUT2D eigenvalue weighted by Gasteiger charge is -2.31. The van der Waals surface area contributed by atoms with Crippen LogP contribution in [-0.4, -0.2) is 27.6 Å². The molecule has 162 valence electrons. The van der Waals surface area contributed by atoms with E-state index < -0.39 is 21.0 Å².